The highest BCUT2D eigenvalue weighted by molar-refractivity contribution is 6.02. The van der Waals surface area contributed by atoms with Gasteiger partial charge < -0.3 is 20.4 Å². The predicted molar refractivity (Wildman–Crippen MR) is 100 cm³/mol. The zero-order chi connectivity index (χ0) is 20.0. The summed E-state index contributed by atoms with van der Waals surface area (Å²) in [5, 5.41) is 21.6. The lowest BCUT2D eigenvalue weighted by Crippen LogP contribution is -2.40. The van der Waals surface area contributed by atoms with E-state index in [9.17, 15) is 19.5 Å². The molecule has 2 aromatic rings. The molecule has 27 heavy (non-hydrogen) atoms. The lowest BCUT2D eigenvalue weighted by molar-refractivity contribution is -0.135. The summed E-state index contributed by atoms with van der Waals surface area (Å²) in [6.07, 6.45) is 2.97. The zero-order valence-electron chi connectivity index (χ0n) is 15.4. The Balaban J connectivity index is 2.59. The number of benzene rings is 1. The minimum absolute atomic E-state index is 0.222. The Morgan fingerprint density at radius 3 is 2.41 bits per heavy atom. The van der Waals surface area contributed by atoms with Gasteiger partial charge in [-0.05, 0) is 25.0 Å². The summed E-state index contributed by atoms with van der Waals surface area (Å²) >= 11 is 0. The second-order valence-corrected chi connectivity index (χ2v) is 6.22. The molecule has 1 amide bonds. The number of carboxylic acids is 1. The quantitative estimate of drug-likeness (QED) is 0.615. The predicted octanol–water partition coefficient (Wildman–Crippen LogP) is 1.92. The molecule has 0 spiro atoms. The number of carbonyl (C=O) groups excluding carboxylic acids is 1. The highest BCUT2D eigenvalue weighted by atomic mass is 16.7. The van der Waals surface area contributed by atoms with Gasteiger partial charge in [-0.1, -0.05) is 38.8 Å². The fraction of sp³-hybridized carbons (Fsp3) is 0.421. The number of amides is 1. The van der Waals surface area contributed by atoms with Crippen LogP contribution < -0.4 is 15.7 Å². The molecule has 0 bridgehead atoms. The molecule has 3 N–H and O–H groups in total. The van der Waals surface area contributed by atoms with E-state index in [2.05, 4.69) is 5.32 Å². The van der Waals surface area contributed by atoms with E-state index in [1.807, 2.05) is 13.8 Å². The average Bonchev–Trinajstić information content (AvgIpc) is 2.64. The van der Waals surface area contributed by atoms with Crippen molar-refractivity contribution in [2.75, 3.05) is 6.54 Å². The molecule has 0 aliphatic heterocycles. The summed E-state index contributed by atoms with van der Waals surface area (Å²) in [4.78, 5) is 41.8. The van der Waals surface area contributed by atoms with Crippen LogP contribution in [-0.4, -0.2) is 39.5 Å². The van der Waals surface area contributed by atoms with E-state index in [1.54, 1.807) is 24.3 Å². The molecule has 2 rings (SSSR count). The van der Waals surface area contributed by atoms with E-state index >= 15 is 0 Å². The van der Waals surface area contributed by atoms with E-state index in [-0.39, 0.29) is 11.5 Å². The number of aromatic hydroxyl groups is 1. The van der Waals surface area contributed by atoms with Crippen LogP contribution in [0.25, 0.3) is 10.9 Å². The van der Waals surface area contributed by atoms with Gasteiger partial charge in [-0.25, -0.2) is 0 Å². The molecule has 0 saturated carbocycles. The molecule has 1 heterocycles. The summed E-state index contributed by atoms with van der Waals surface area (Å²) in [5.74, 6) is -2.72. The van der Waals surface area contributed by atoms with Crippen LogP contribution in [0.2, 0.25) is 0 Å². The van der Waals surface area contributed by atoms with Crippen molar-refractivity contribution in [1.29, 1.82) is 0 Å². The number of hydrogen-bond donors (Lipinski definition) is 3. The first-order valence-electron chi connectivity index (χ1n) is 8.94. The molecular formula is C19H24N2O6. The minimum atomic E-state index is -1.26. The van der Waals surface area contributed by atoms with Gasteiger partial charge in [0.25, 0.3) is 11.5 Å². The van der Waals surface area contributed by atoms with E-state index < -0.39 is 35.3 Å². The van der Waals surface area contributed by atoms with Gasteiger partial charge in [-0.15, -0.1) is 4.73 Å². The van der Waals surface area contributed by atoms with Gasteiger partial charge in [-0.3, -0.25) is 14.4 Å². The van der Waals surface area contributed by atoms with Crippen molar-refractivity contribution in [2.24, 2.45) is 0 Å². The van der Waals surface area contributed by atoms with Crippen molar-refractivity contribution >= 4 is 22.8 Å². The maximum absolute atomic E-state index is 12.9. The van der Waals surface area contributed by atoms with Crippen molar-refractivity contribution < 1.29 is 24.6 Å². The monoisotopic (exact) mass is 376 g/mol. The normalized spacial score (nSPS) is 10.9. The fourth-order valence-corrected chi connectivity index (χ4v) is 2.89. The molecule has 1 aromatic heterocycles. The first-order valence-corrected chi connectivity index (χ1v) is 8.94. The van der Waals surface area contributed by atoms with Crippen molar-refractivity contribution in [1.82, 2.24) is 10.0 Å². The summed E-state index contributed by atoms with van der Waals surface area (Å²) < 4.78 is 1.03. The topological polar surface area (TPSA) is 118 Å². The zero-order valence-corrected chi connectivity index (χ0v) is 15.4. The van der Waals surface area contributed by atoms with Crippen molar-refractivity contribution in [3.8, 4) is 5.75 Å². The second-order valence-electron chi connectivity index (χ2n) is 6.22. The van der Waals surface area contributed by atoms with Gasteiger partial charge in [0.2, 0.25) is 0 Å². The second kappa shape index (κ2) is 9.07. The van der Waals surface area contributed by atoms with Gasteiger partial charge >= 0.3 is 5.97 Å². The number of nitrogens with zero attached hydrogens (tertiary/aromatic N) is 1. The number of pyridine rings is 1. The molecular weight excluding hydrogens is 352 g/mol. The third kappa shape index (κ3) is 4.58. The van der Waals surface area contributed by atoms with Gasteiger partial charge in [0.15, 0.2) is 5.56 Å². The number of carboxylic acid groups (broad SMARTS) is 1. The molecule has 0 aliphatic carbocycles. The molecule has 0 saturated heterocycles. The molecule has 8 heteroatoms. The van der Waals surface area contributed by atoms with E-state index in [0.717, 1.165) is 30.4 Å². The number of hydrogen-bond acceptors (Lipinski definition) is 5. The van der Waals surface area contributed by atoms with Crippen molar-refractivity contribution in [3.05, 3.63) is 40.2 Å². The lowest BCUT2D eigenvalue weighted by Gasteiger charge is -2.21. The first kappa shape index (κ1) is 20.3. The van der Waals surface area contributed by atoms with Gasteiger partial charge in [0, 0.05) is 5.39 Å². The van der Waals surface area contributed by atoms with Gasteiger partial charge in [0.1, 0.15) is 18.4 Å². The number of fused-ring (bicyclic) bond motifs is 1. The van der Waals surface area contributed by atoms with E-state index in [4.69, 9.17) is 9.94 Å². The van der Waals surface area contributed by atoms with Crippen LogP contribution in [0, 0.1) is 0 Å². The van der Waals surface area contributed by atoms with Crippen molar-refractivity contribution in [2.45, 2.75) is 45.6 Å². The fourth-order valence-electron chi connectivity index (χ4n) is 2.89. The van der Waals surface area contributed by atoms with Crippen LogP contribution in [0.3, 0.4) is 0 Å². The summed E-state index contributed by atoms with van der Waals surface area (Å²) in [6, 6.07) is 6.53. The molecule has 8 nitrogen and oxygen atoms in total. The average molecular weight is 376 g/mol. The van der Waals surface area contributed by atoms with Crippen LogP contribution in [-0.2, 0) is 4.79 Å². The molecule has 0 radical (unpaired) electrons. The highest BCUT2D eigenvalue weighted by Gasteiger charge is 2.24. The SMILES string of the molecule is CCCC(CCC)On1c(=O)c(C(=O)NCC(=O)O)c(O)c2ccccc21. The van der Waals surface area contributed by atoms with E-state index in [1.165, 1.54) is 0 Å². The number of carbonyl (C=O) groups is 2. The highest BCUT2D eigenvalue weighted by Crippen LogP contribution is 2.26. The lowest BCUT2D eigenvalue weighted by atomic mass is 10.1. The molecule has 0 aliphatic rings. The van der Waals surface area contributed by atoms with Crippen LogP contribution in [0.5, 0.6) is 5.75 Å². The third-order valence-corrected chi connectivity index (χ3v) is 4.12. The van der Waals surface area contributed by atoms with Crippen LogP contribution in [0.4, 0.5) is 0 Å². The maximum atomic E-state index is 12.9. The number of aromatic nitrogens is 1. The molecule has 1 aromatic carbocycles. The number of rotatable bonds is 9. The minimum Gasteiger partial charge on any atom is -0.506 e. The van der Waals surface area contributed by atoms with Crippen molar-refractivity contribution in [3.63, 3.8) is 0 Å². The van der Waals surface area contributed by atoms with Crippen LogP contribution in [0.15, 0.2) is 29.1 Å². The Kier molecular flexibility index (Phi) is 6.81. The molecule has 0 fully saturated rings. The smallest absolute Gasteiger partial charge is 0.322 e. The van der Waals surface area contributed by atoms with E-state index in [0.29, 0.717) is 5.52 Å². The van der Waals surface area contributed by atoms with Crippen LogP contribution >= 0.6 is 0 Å². The standard InChI is InChI=1S/C19H24N2O6/c1-3-7-12(8-4-2)27-21-14-10-6-5-9-13(14)17(24)16(19(21)26)18(25)20-11-15(22)23/h5-6,9-10,12,24H,3-4,7-8,11H2,1-2H3,(H,20,25)(H,22,23). The number of aliphatic carboxylic acids is 1. The summed E-state index contributed by atoms with van der Waals surface area (Å²) in [7, 11) is 0. The van der Waals surface area contributed by atoms with Gasteiger partial charge in [-0.2, -0.15) is 0 Å². The largest absolute Gasteiger partial charge is 0.506 e. The Hall–Kier alpha value is -3.03. The Labute approximate surface area is 156 Å². The number of nitrogens with one attached hydrogen (secondary N) is 1. The number of para-hydroxylation sites is 1. The van der Waals surface area contributed by atoms with Crippen LogP contribution in [0.1, 0.15) is 49.9 Å². The molecule has 146 valence electrons. The summed E-state index contributed by atoms with van der Waals surface area (Å²) in [5.41, 5.74) is -1.03. The Morgan fingerprint density at radius 2 is 1.81 bits per heavy atom. The maximum Gasteiger partial charge on any atom is 0.322 e. The Bertz CT molecular complexity index is 884. The molecule has 0 atom stereocenters. The molecule has 0 unspecified atom stereocenters. The van der Waals surface area contributed by atoms with Gasteiger partial charge in [0.05, 0.1) is 5.52 Å². The third-order valence-electron chi connectivity index (χ3n) is 4.12. The Morgan fingerprint density at radius 1 is 1.19 bits per heavy atom. The first-order chi connectivity index (χ1) is 12.9. The summed E-state index contributed by atoms with van der Waals surface area (Å²) in [6.45, 7) is 3.35.